The number of hydrogen-bond acceptors (Lipinski definition) is 7. The monoisotopic (exact) mass is 494 g/mol. The summed E-state index contributed by atoms with van der Waals surface area (Å²) in [5, 5.41) is 8.56. The molecule has 1 unspecified atom stereocenters. The highest BCUT2D eigenvalue weighted by molar-refractivity contribution is 7.14. The highest BCUT2D eigenvalue weighted by atomic mass is 32.1. The second-order valence-corrected chi connectivity index (χ2v) is 10.2. The molecule has 1 aliphatic heterocycles. The van der Waals surface area contributed by atoms with E-state index in [9.17, 15) is 9.59 Å². The first-order valence-corrected chi connectivity index (χ1v) is 13.1. The van der Waals surface area contributed by atoms with E-state index in [1.54, 1.807) is 11.8 Å². The van der Waals surface area contributed by atoms with Crippen molar-refractivity contribution in [2.75, 3.05) is 31.1 Å². The van der Waals surface area contributed by atoms with Crippen molar-refractivity contribution in [1.82, 2.24) is 15.2 Å². The summed E-state index contributed by atoms with van der Waals surface area (Å²) in [6, 6.07) is 13.8. The van der Waals surface area contributed by atoms with Gasteiger partial charge in [-0.1, -0.05) is 24.3 Å². The molecule has 5 rings (SSSR count). The Bertz CT molecular complexity index is 1250. The maximum atomic E-state index is 13.3. The molecule has 0 spiro atoms. The Kier molecular flexibility index (Phi) is 6.75. The van der Waals surface area contributed by atoms with Gasteiger partial charge in [0, 0.05) is 43.4 Å². The minimum atomic E-state index is -0.0296. The van der Waals surface area contributed by atoms with Crippen LogP contribution in [0.25, 0.3) is 22.4 Å². The van der Waals surface area contributed by atoms with Crippen molar-refractivity contribution < 1.29 is 14.0 Å². The van der Waals surface area contributed by atoms with Crippen molar-refractivity contribution >= 4 is 50.6 Å². The number of rotatable bonds is 8. The Morgan fingerprint density at radius 2 is 2.12 bits per heavy atom. The third-order valence-electron chi connectivity index (χ3n) is 5.91. The van der Waals surface area contributed by atoms with Gasteiger partial charge in [-0.2, -0.15) is 0 Å². The number of furan rings is 1. The number of para-hydroxylation sites is 1. The van der Waals surface area contributed by atoms with Crippen LogP contribution in [0.2, 0.25) is 0 Å². The molecule has 4 aromatic rings. The number of benzene rings is 1. The largest absolute Gasteiger partial charge is 0.454 e. The molecule has 0 bridgehead atoms. The molecule has 3 aromatic heterocycles. The molecular weight excluding hydrogens is 468 g/mol. The summed E-state index contributed by atoms with van der Waals surface area (Å²) >= 11 is 2.90. The van der Waals surface area contributed by atoms with Crippen LogP contribution in [0.4, 0.5) is 5.13 Å². The van der Waals surface area contributed by atoms with E-state index in [-0.39, 0.29) is 17.9 Å². The number of aromatic nitrogens is 1. The highest BCUT2D eigenvalue weighted by Crippen LogP contribution is 2.32. The van der Waals surface area contributed by atoms with Crippen molar-refractivity contribution in [3.05, 3.63) is 58.1 Å². The van der Waals surface area contributed by atoms with Crippen LogP contribution in [0.15, 0.2) is 57.6 Å². The Hall–Kier alpha value is -3.01. The number of likely N-dealkylation sites (tertiary alicyclic amines) is 1. The van der Waals surface area contributed by atoms with Gasteiger partial charge in [-0.3, -0.25) is 14.5 Å². The molecule has 7 nitrogen and oxygen atoms in total. The summed E-state index contributed by atoms with van der Waals surface area (Å²) in [4.78, 5) is 34.2. The first-order valence-electron chi connectivity index (χ1n) is 11.4. The Labute approximate surface area is 206 Å². The second-order valence-electron chi connectivity index (χ2n) is 8.44. The molecule has 1 aliphatic rings. The van der Waals surface area contributed by atoms with Gasteiger partial charge in [-0.25, -0.2) is 4.98 Å². The van der Waals surface area contributed by atoms with Crippen molar-refractivity contribution in [1.29, 1.82) is 0 Å². The summed E-state index contributed by atoms with van der Waals surface area (Å²) in [6.45, 7) is 4.81. The average Bonchev–Trinajstić information content (AvgIpc) is 3.62. The maximum Gasteiger partial charge on any atom is 0.270 e. The van der Waals surface area contributed by atoms with Crippen LogP contribution in [-0.4, -0.2) is 53.9 Å². The average molecular weight is 495 g/mol. The lowest BCUT2D eigenvalue weighted by atomic mass is 10.2. The van der Waals surface area contributed by atoms with Gasteiger partial charge >= 0.3 is 0 Å². The standard InChI is InChI=1S/C25H26N4O3S2/c1-17(30)26-19-9-12-28(15-19)10-5-11-29(24(31)23-8-4-13-33-23)25-27-20(16-34-25)22-14-18-6-2-3-7-21(18)32-22/h2-4,6-8,13-14,16,19H,5,9-12,15H2,1H3,(H,26,30). The fourth-order valence-electron chi connectivity index (χ4n) is 4.32. The van der Waals surface area contributed by atoms with Crippen LogP contribution >= 0.6 is 22.7 Å². The molecule has 4 heterocycles. The zero-order chi connectivity index (χ0) is 23.5. The molecule has 0 radical (unpaired) electrons. The fourth-order valence-corrected chi connectivity index (χ4v) is 5.83. The zero-order valence-electron chi connectivity index (χ0n) is 18.9. The molecule has 1 atom stereocenters. The highest BCUT2D eigenvalue weighted by Gasteiger charge is 2.25. The van der Waals surface area contributed by atoms with Crippen LogP contribution in [0.3, 0.4) is 0 Å². The maximum absolute atomic E-state index is 13.3. The van der Waals surface area contributed by atoms with E-state index in [4.69, 9.17) is 9.40 Å². The first-order chi connectivity index (χ1) is 16.6. The number of fused-ring (bicyclic) bond motifs is 1. The van der Waals surface area contributed by atoms with E-state index in [0.717, 1.165) is 49.1 Å². The van der Waals surface area contributed by atoms with Crippen LogP contribution in [0, 0.1) is 0 Å². The van der Waals surface area contributed by atoms with Crippen LogP contribution in [0.1, 0.15) is 29.4 Å². The van der Waals surface area contributed by atoms with Gasteiger partial charge in [0.2, 0.25) is 5.91 Å². The number of amides is 2. The van der Waals surface area contributed by atoms with Gasteiger partial charge in [0.1, 0.15) is 11.3 Å². The number of nitrogens with zero attached hydrogens (tertiary/aromatic N) is 3. The van der Waals surface area contributed by atoms with Crippen molar-refractivity contribution in [3.8, 4) is 11.5 Å². The summed E-state index contributed by atoms with van der Waals surface area (Å²) in [7, 11) is 0. The van der Waals surface area contributed by atoms with Crippen LogP contribution in [0.5, 0.6) is 0 Å². The third kappa shape index (κ3) is 5.06. The molecular formula is C25H26N4O3S2. The molecule has 2 amide bonds. The van der Waals surface area contributed by atoms with Gasteiger partial charge in [-0.15, -0.1) is 22.7 Å². The molecule has 1 N–H and O–H groups in total. The number of carbonyl (C=O) groups excluding carboxylic acids is 2. The quantitative estimate of drug-likeness (QED) is 0.378. The summed E-state index contributed by atoms with van der Waals surface area (Å²) in [5.74, 6) is 0.690. The zero-order valence-corrected chi connectivity index (χ0v) is 20.5. The molecule has 1 fully saturated rings. The van der Waals surface area contributed by atoms with E-state index >= 15 is 0 Å². The summed E-state index contributed by atoms with van der Waals surface area (Å²) in [5.41, 5.74) is 1.56. The lowest BCUT2D eigenvalue weighted by Gasteiger charge is -2.21. The topological polar surface area (TPSA) is 78.7 Å². The Morgan fingerprint density at radius 1 is 1.24 bits per heavy atom. The van der Waals surface area contributed by atoms with Gasteiger partial charge in [0.25, 0.3) is 5.91 Å². The number of carbonyl (C=O) groups is 2. The third-order valence-corrected chi connectivity index (χ3v) is 7.64. The Morgan fingerprint density at radius 3 is 2.91 bits per heavy atom. The number of anilines is 1. The van der Waals surface area contributed by atoms with Gasteiger partial charge in [-0.05, 0) is 43.0 Å². The van der Waals surface area contributed by atoms with Gasteiger partial charge < -0.3 is 14.6 Å². The van der Waals surface area contributed by atoms with Gasteiger partial charge in [0.05, 0.1) is 4.88 Å². The predicted octanol–water partition coefficient (Wildman–Crippen LogP) is 4.87. The Balaban J connectivity index is 1.30. The number of hydrogen-bond donors (Lipinski definition) is 1. The summed E-state index contributed by atoms with van der Waals surface area (Å²) < 4.78 is 5.97. The summed E-state index contributed by atoms with van der Waals surface area (Å²) in [6.07, 6.45) is 1.79. The molecule has 0 saturated carbocycles. The molecule has 1 saturated heterocycles. The second kappa shape index (κ2) is 10.1. The lowest BCUT2D eigenvalue weighted by Crippen LogP contribution is -2.37. The number of nitrogens with one attached hydrogen (secondary N) is 1. The van der Waals surface area contributed by atoms with E-state index in [1.807, 2.05) is 53.2 Å². The van der Waals surface area contributed by atoms with E-state index in [0.29, 0.717) is 22.3 Å². The molecule has 9 heteroatoms. The smallest absolute Gasteiger partial charge is 0.270 e. The van der Waals surface area contributed by atoms with Gasteiger partial charge in [0.15, 0.2) is 10.9 Å². The first kappa shape index (κ1) is 22.8. The minimum absolute atomic E-state index is 0.0172. The van der Waals surface area contributed by atoms with E-state index in [1.165, 1.54) is 22.7 Å². The number of thiazole rings is 1. The van der Waals surface area contributed by atoms with E-state index in [2.05, 4.69) is 10.2 Å². The van der Waals surface area contributed by atoms with Crippen molar-refractivity contribution in [2.45, 2.75) is 25.8 Å². The van der Waals surface area contributed by atoms with Crippen LogP contribution < -0.4 is 10.2 Å². The molecule has 176 valence electrons. The minimum Gasteiger partial charge on any atom is -0.454 e. The number of thiophene rings is 1. The van der Waals surface area contributed by atoms with E-state index < -0.39 is 0 Å². The molecule has 0 aliphatic carbocycles. The molecule has 34 heavy (non-hydrogen) atoms. The fraction of sp³-hybridized carbons (Fsp3) is 0.320. The van der Waals surface area contributed by atoms with Crippen molar-refractivity contribution in [2.24, 2.45) is 0 Å². The van der Waals surface area contributed by atoms with Crippen molar-refractivity contribution in [3.63, 3.8) is 0 Å². The lowest BCUT2D eigenvalue weighted by molar-refractivity contribution is -0.119. The normalized spacial score (nSPS) is 16.2. The predicted molar refractivity (Wildman–Crippen MR) is 137 cm³/mol. The molecule has 1 aromatic carbocycles. The SMILES string of the molecule is CC(=O)NC1CCN(CCCN(C(=O)c2cccs2)c2nc(-c3cc4ccccc4o3)cs2)C1. The van der Waals surface area contributed by atoms with Crippen LogP contribution in [-0.2, 0) is 4.79 Å².